The number of carbonyl (C=O) groups excluding carboxylic acids is 1. The van der Waals surface area contributed by atoms with Crippen molar-refractivity contribution < 1.29 is 24.9 Å². The van der Waals surface area contributed by atoms with Crippen molar-refractivity contribution in [2.24, 2.45) is 17.8 Å². The number of aliphatic hydroxyl groups excluding tert-OH is 2. The molecular formula is C23H38O5S. The molecule has 1 aliphatic carbocycles. The van der Waals surface area contributed by atoms with E-state index in [0.29, 0.717) is 36.7 Å². The number of carbonyl (C=O) groups is 2. The summed E-state index contributed by atoms with van der Waals surface area (Å²) in [6.07, 6.45) is 16.9. The first-order valence-electron chi connectivity index (χ1n) is 11.0. The molecule has 5 nitrogen and oxygen atoms in total. The van der Waals surface area contributed by atoms with Gasteiger partial charge in [0.05, 0.1) is 13.0 Å². The van der Waals surface area contributed by atoms with Crippen LogP contribution in [-0.2, 0) is 9.59 Å². The summed E-state index contributed by atoms with van der Waals surface area (Å²) in [5.41, 5.74) is -0.820. The molecule has 1 fully saturated rings. The van der Waals surface area contributed by atoms with Crippen LogP contribution in [0.15, 0.2) is 24.3 Å². The molecule has 0 radical (unpaired) electrons. The van der Waals surface area contributed by atoms with E-state index in [9.17, 15) is 14.7 Å². The molecule has 0 spiro atoms. The molecule has 2 unspecified atom stereocenters. The topological polar surface area (TPSA) is 94.8 Å². The van der Waals surface area contributed by atoms with E-state index in [0.717, 1.165) is 12.8 Å². The Balaban J connectivity index is 2.49. The van der Waals surface area contributed by atoms with Gasteiger partial charge in [-0.3, -0.25) is 9.59 Å². The van der Waals surface area contributed by atoms with E-state index in [1.54, 1.807) is 0 Å². The molecule has 4 atom stereocenters. The number of ketones is 1. The zero-order chi connectivity index (χ0) is 21.5. The zero-order valence-corrected chi connectivity index (χ0v) is 18.5. The molecule has 0 amide bonds. The third-order valence-electron chi connectivity index (χ3n) is 5.48. The van der Waals surface area contributed by atoms with Crippen molar-refractivity contribution >= 4 is 23.5 Å². The van der Waals surface area contributed by atoms with Crippen LogP contribution in [0.3, 0.4) is 0 Å². The van der Waals surface area contributed by atoms with Crippen LogP contribution in [0.25, 0.3) is 0 Å². The standard InChI is InChI=1S/C23H38O5S/c1-2-3-4-5-6-7-10-18-13-14-21(25)20(18)12-9-8-11-19(17-22(26)27)23(28)29-16-15-24/h7-10,18-20,23-24,28H,2-6,11-17H2,1H3,(H,26,27)/t18-,19?,20+,23?/m0/s1. The number of carboxylic acid groups (broad SMARTS) is 1. The van der Waals surface area contributed by atoms with Crippen LogP contribution in [0.2, 0.25) is 0 Å². The maximum atomic E-state index is 12.2. The minimum atomic E-state index is -0.942. The van der Waals surface area contributed by atoms with Crippen LogP contribution in [0.1, 0.15) is 71.1 Å². The summed E-state index contributed by atoms with van der Waals surface area (Å²) in [7, 11) is 0. The third-order valence-corrected chi connectivity index (χ3v) is 6.62. The normalized spacial score (nSPS) is 22.0. The van der Waals surface area contributed by atoms with Crippen molar-refractivity contribution in [2.75, 3.05) is 12.4 Å². The van der Waals surface area contributed by atoms with Crippen LogP contribution in [0.4, 0.5) is 0 Å². The Hall–Kier alpha value is -1.11. The second-order valence-corrected chi connectivity index (χ2v) is 9.06. The minimum absolute atomic E-state index is 0.0183. The first kappa shape index (κ1) is 25.9. The Kier molecular flexibility index (Phi) is 14.0. The van der Waals surface area contributed by atoms with Gasteiger partial charge < -0.3 is 15.3 Å². The highest BCUT2D eigenvalue weighted by Crippen LogP contribution is 2.33. The molecule has 0 heterocycles. The zero-order valence-electron chi connectivity index (χ0n) is 17.7. The Morgan fingerprint density at radius 1 is 1.24 bits per heavy atom. The smallest absolute Gasteiger partial charge is 0.303 e. The molecular weight excluding hydrogens is 388 g/mol. The average Bonchev–Trinajstić information content (AvgIpc) is 3.04. The molecule has 0 bridgehead atoms. The van der Waals surface area contributed by atoms with Gasteiger partial charge in [-0.15, -0.1) is 11.8 Å². The van der Waals surface area contributed by atoms with Crippen molar-refractivity contribution in [2.45, 2.75) is 76.6 Å². The van der Waals surface area contributed by atoms with Gasteiger partial charge in [0.1, 0.15) is 11.2 Å². The van der Waals surface area contributed by atoms with Crippen LogP contribution < -0.4 is 0 Å². The molecule has 0 aromatic carbocycles. The summed E-state index contributed by atoms with van der Waals surface area (Å²) < 4.78 is 0. The number of rotatable bonds is 16. The van der Waals surface area contributed by atoms with Gasteiger partial charge in [-0.25, -0.2) is 0 Å². The second kappa shape index (κ2) is 15.7. The number of hydrogen-bond acceptors (Lipinski definition) is 5. The maximum Gasteiger partial charge on any atom is 0.303 e. The average molecular weight is 427 g/mol. The fourth-order valence-corrected chi connectivity index (χ4v) is 4.61. The van der Waals surface area contributed by atoms with Gasteiger partial charge in [-0.05, 0) is 38.0 Å². The van der Waals surface area contributed by atoms with Crippen LogP contribution in [-0.4, -0.2) is 44.9 Å². The minimum Gasteiger partial charge on any atom is -0.481 e. The number of aliphatic carboxylic acids is 1. The lowest BCUT2D eigenvalue weighted by Crippen LogP contribution is -2.21. The van der Waals surface area contributed by atoms with Crippen molar-refractivity contribution in [3.05, 3.63) is 24.3 Å². The number of Topliss-reactive ketones (excluding diaryl/α,β-unsaturated/α-hetero) is 1. The number of aliphatic hydroxyl groups is 2. The first-order chi connectivity index (χ1) is 14.0. The van der Waals surface area contributed by atoms with Gasteiger partial charge in [0.15, 0.2) is 0 Å². The van der Waals surface area contributed by atoms with Crippen LogP contribution in [0, 0.1) is 17.8 Å². The number of carboxylic acids is 1. The Labute approximate surface area is 179 Å². The van der Waals surface area contributed by atoms with E-state index >= 15 is 0 Å². The lowest BCUT2D eigenvalue weighted by Gasteiger charge is -2.19. The molecule has 29 heavy (non-hydrogen) atoms. The molecule has 1 rings (SSSR count). The van der Waals surface area contributed by atoms with Crippen LogP contribution in [0.5, 0.6) is 0 Å². The predicted octanol–water partition coefficient (Wildman–Crippen LogP) is 4.58. The first-order valence-corrected chi connectivity index (χ1v) is 12.0. The Morgan fingerprint density at radius 3 is 2.72 bits per heavy atom. The highest BCUT2D eigenvalue weighted by molar-refractivity contribution is 7.99. The number of hydrogen-bond donors (Lipinski definition) is 3. The summed E-state index contributed by atoms with van der Waals surface area (Å²) in [5.74, 6) is -0.329. The fourth-order valence-electron chi connectivity index (χ4n) is 3.78. The Bertz CT molecular complexity index is 531. The van der Waals surface area contributed by atoms with Gasteiger partial charge in [0.2, 0.25) is 0 Å². The molecule has 0 aliphatic heterocycles. The van der Waals surface area contributed by atoms with E-state index in [2.05, 4.69) is 19.1 Å². The summed E-state index contributed by atoms with van der Waals surface area (Å²) >= 11 is 1.17. The van der Waals surface area contributed by atoms with Gasteiger partial charge in [0.25, 0.3) is 0 Å². The fraction of sp³-hybridized carbons (Fsp3) is 0.739. The third kappa shape index (κ3) is 11.0. The largest absolute Gasteiger partial charge is 0.481 e. The monoisotopic (exact) mass is 426 g/mol. The van der Waals surface area contributed by atoms with Gasteiger partial charge in [0, 0.05) is 24.0 Å². The van der Waals surface area contributed by atoms with Crippen LogP contribution >= 0.6 is 11.8 Å². The van der Waals surface area contributed by atoms with Gasteiger partial charge in [-0.1, -0.05) is 50.5 Å². The predicted molar refractivity (Wildman–Crippen MR) is 119 cm³/mol. The molecule has 1 aliphatic rings. The van der Waals surface area contributed by atoms with Crippen molar-refractivity contribution in [3.8, 4) is 0 Å². The summed E-state index contributed by atoms with van der Waals surface area (Å²) in [6.45, 7) is 2.16. The van der Waals surface area contributed by atoms with E-state index in [1.165, 1.54) is 37.4 Å². The van der Waals surface area contributed by atoms with E-state index < -0.39 is 17.3 Å². The van der Waals surface area contributed by atoms with E-state index in [1.807, 2.05) is 12.2 Å². The van der Waals surface area contributed by atoms with Crippen molar-refractivity contribution in [1.29, 1.82) is 0 Å². The Morgan fingerprint density at radius 2 is 2.03 bits per heavy atom. The summed E-state index contributed by atoms with van der Waals surface area (Å²) in [6, 6.07) is 0. The maximum absolute atomic E-state index is 12.2. The van der Waals surface area contributed by atoms with Gasteiger partial charge >= 0.3 is 5.97 Å². The SMILES string of the molecule is CCCCCCC=C[C@H]1CCC(=O)[C@@H]1CC=CCC(CC(=O)O)C(O)SCCO. The molecule has 0 aromatic heterocycles. The van der Waals surface area contributed by atoms with Crippen molar-refractivity contribution in [3.63, 3.8) is 0 Å². The van der Waals surface area contributed by atoms with E-state index in [-0.39, 0.29) is 18.9 Å². The molecule has 0 saturated heterocycles. The van der Waals surface area contributed by atoms with E-state index in [4.69, 9.17) is 10.2 Å². The lowest BCUT2D eigenvalue weighted by molar-refractivity contribution is -0.138. The summed E-state index contributed by atoms with van der Waals surface area (Å²) in [4.78, 5) is 23.3. The highest BCUT2D eigenvalue weighted by atomic mass is 32.2. The number of thioether (sulfide) groups is 1. The van der Waals surface area contributed by atoms with Crippen molar-refractivity contribution in [1.82, 2.24) is 0 Å². The summed E-state index contributed by atoms with van der Waals surface area (Å²) in [5, 5.41) is 28.1. The second-order valence-electron chi connectivity index (χ2n) is 7.84. The molecule has 0 aromatic rings. The quantitative estimate of drug-likeness (QED) is 0.190. The lowest BCUT2D eigenvalue weighted by atomic mass is 9.91. The number of unbranched alkanes of at least 4 members (excludes halogenated alkanes) is 4. The molecule has 3 N–H and O–H groups in total. The molecule has 6 heteroatoms. The molecule has 1 saturated carbocycles. The highest BCUT2D eigenvalue weighted by Gasteiger charge is 2.31. The van der Waals surface area contributed by atoms with Gasteiger partial charge in [-0.2, -0.15) is 0 Å². The number of allylic oxidation sites excluding steroid dienone is 4. The molecule has 166 valence electrons.